The summed E-state index contributed by atoms with van der Waals surface area (Å²) in [7, 11) is 1.44. The first-order valence-corrected chi connectivity index (χ1v) is 3.84. The molecule has 0 amide bonds. The molecule has 2 nitrogen and oxygen atoms in total. The number of hydrogen-bond donors (Lipinski definition) is 1. The van der Waals surface area contributed by atoms with E-state index >= 15 is 0 Å². The Hall–Kier alpha value is -0.290. The maximum absolute atomic E-state index is 12.3. The second-order valence-corrected chi connectivity index (χ2v) is 3.20. The summed E-state index contributed by atoms with van der Waals surface area (Å²) in [4.78, 5) is 1.25. The molecule has 0 spiro atoms. The lowest BCUT2D eigenvalue weighted by atomic mass is 10.0. The van der Waals surface area contributed by atoms with Crippen molar-refractivity contribution in [3.8, 4) is 0 Å². The third-order valence-corrected chi connectivity index (χ3v) is 2.34. The van der Waals surface area contributed by atoms with Crippen LogP contribution in [0.2, 0.25) is 0 Å². The van der Waals surface area contributed by atoms with Crippen LogP contribution in [0.1, 0.15) is 6.42 Å². The molecule has 0 aliphatic carbocycles. The van der Waals surface area contributed by atoms with Crippen molar-refractivity contribution < 1.29 is 18.3 Å². The van der Waals surface area contributed by atoms with Crippen molar-refractivity contribution in [2.45, 2.75) is 18.6 Å². The number of halogens is 3. The Kier molecular flexibility index (Phi) is 2.63. The highest BCUT2D eigenvalue weighted by atomic mass is 19.4. The van der Waals surface area contributed by atoms with Crippen molar-refractivity contribution in [3.63, 3.8) is 0 Å². The normalized spacial score (nSPS) is 32.8. The van der Waals surface area contributed by atoms with Gasteiger partial charge >= 0.3 is 6.18 Å². The summed E-state index contributed by atoms with van der Waals surface area (Å²) in [5.74, 6) is -0.644. The van der Waals surface area contributed by atoms with Crippen LogP contribution in [0, 0.1) is 5.92 Å². The highest BCUT2D eigenvalue weighted by Crippen LogP contribution is 2.35. The molecule has 2 atom stereocenters. The van der Waals surface area contributed by atoms with Gasteiger partial charge in [-0.2, -0.15) is 13.2 Å². The van der Waals surface area contributed by atoms with Crippen LogP contribution >= 0.6 is 0 Å². The Morgan fingerprint density at radius 1 is 1.50 bits per heavy atom. The highest BCUT2D eigenvalue weighted by molar-refractivity contribution is 4.89. The molecule has 0 aromatic carbocycles. The van der Waals surface area contributed by atoms with Crippen molar-refractivity contribution in [3.05, 3.63) is 0 Å². The van der Waals surface area contributed by atoms with E-state index in [1.54, 1.807) is 0 Å². The van der Waals surface area contributed by atoms with Crippen molar-refractivity contribution in [2.75, 3.05) is 20.2 Å². The summed E-state index contributed by atoms with van der Waals surface area (Å²) < 4.78 is 36.9. The van der Waals surface area contributed by atoms with Gasteiger partial charge in [0.05, 0.1) is 0 Å². The molecule has 5 heteroatoms. The Balaban J connectivity index is 2.70. The predicted octanol–water partition coefficient (Wildman–Crippen LogP) is 0.861. The molecule has 0 radical (unpaired) electrons. The number of aliphatic hydroxyl groups excluding tert-OH is 1. The topological polar surface area (TPSA) is 23.5 Å². The van der Waals surface area contributed by atoms with Crippen molar-refractivity contribution in [2.24, 2.45) is 5.92 Å². The van der Waals surface area contributed by atoms with Crippen LogP contribution in [0.25, 0.3) is 0 Å². The first-order chi connectivity index (χ1) is 5.46. The van der Waals surface area contributed by atoms with Gasteiger partial charge in [0.2, 0.25) is 0 Å². The average molecular weight is 183 g/mol. The summed E-state index contributed by atoms with van der Waals surface area (Å²) in [5.41, 5.74) is 0. The second kappa shape index (κ2) is 3.22. The Labute approximate surface area is 69.0 Å². The number of nitrogens with zero attached hydrogens (tertiary/aromatic N) is 1. The molecule has 0 saturated carbocycles. The highest BCUT2D eigenvalue weighted by Gasteiger charge is 2.49. The van der Waals surface area contributed by atoms with Gasteiger partial charge in [0.25, 0.3) is 0 Å². The molecule has 1 aliphatic rings. The fraction of sp³-hybridized carbons (Fsp3) is 1.00. The van der Waals surface area contributed by atoms with Gasteiger partial charge in [-0.25, -0.2) is 0 Å². The zero-order valence-electron chi connectivity index (χ0n) is 6.80. The zero-order valence-corrected chi connectivity index (χ0v) is 6.80. The smallest absolute Gasteiger partial charge is 0.396 e. The molecule has 1 saturated heterocycles. The number of hydrogen-bond acceptors (Lipinski definition) is 2. The van der Waals surface area contributed by atoms with E-state index in [1.807, 2.05) is 0 Å². The monoisotopic (exact) mass is 183 g/mol. The minimum atomic E-state index is -4.21. The van der Waals surface area contributed by atoms with Crippen LogP contribution < -0.4 is 0 Å². The van der Waals surface area contributed by atoms with Gasteiger partial charge in [-0.15, -0.1) is 0 Å². The standard InChI is InChI=1S/C7H12F3NO/c1-11-3-2-5(4-12)6(11)7(8,9)10/h5-6,12H,2-4H2,1H3. The molecule has 1 aliphatic heterocycles. The summed E-state index contributed by atoms with van der Waals surface area (Å²) in [6.45, 7) is 0.0317. The summed E-state index contributed by atoms with van der Waals surface area (Å²) in [6.07, 6.45) is -3.78. The quantitative estimate of drug-likeness (QED) is 0.651. The Bertz CT molecular complexity index is 159. The summed E-state index contributed by atoms with van der Waals surface area (Å²) in [6, 6.07) is -1.46. The maximum Gasteiger partial charge on any atom is 0.404 e. The lowest BCUT2D eigenvalue weighted by molar-refractivity contribution is -0.184. The van der Waals surface area contributed by atoms with E-state index < -0.39 is 18.1 Å². The van der Waals surface area contributed by atoms with E-state index in [4.69, 9.17) is 5.11 Å². The molecular weight excluding hydrogens is 171 g/mol. The lowest BCUT2D eigenvalue weighted by Crippen LogP contribution is -2.43. The molecule has 2 unspecified atom stereocenters. The third kappa shape index (κ3) is 1.72. The summed E-state index contributed by atoms with van der Waals surface area (Å²) in [5, 5.41) is 8.69. The van der Waals surface area contributed by atoms with Gasteiger partial charge in [-0.05, 0) is 20.0 Å². The van der Waals surface area contributed by atoms with Gasteiger partial charge in [0.15, 0.2) is 0 Å². The first kappa shape index (κ1) is 9.80. The van der Waals surface area contributed by atoms with Crippen LogP contribution in [0.3, 0.4) is 0 Å². The van der Waals surface area contributed by atoms with Crippen LogP contribution in [-0.4, -0.2) is 42.4 Å². The van der Waals surface area contributed by atoms with Gasteiger partial charge in [0.1, 0.15) is 6.04 Å². The molecule has 72 valence electrons. The lowest BCUT2D eigenvalue weighted by Gasteiger charge is -2.26. The van der Waals surface area contributed by atoms with E-state index in [2.05, 4.69) is 0 Å². The SMILES string of the molecule is CN1CCC(CO)C1C(F)(F)F. The number of aliphatic hydroxyl groups is 1. The van der Waals surface area contributed by atoms with Crippen LogP contribution in [0.15, 0.2) is 0 Å². The maximum atomic E-state index is 12.3. The number of likely N-dealkylation sites (tertiary alicyclic amines) is 1. The van der Waals surface area contributed by atoms with E-state index in [9.17, 15) is 13.2 Å². The molecule has 1 rings (SSSR count). The number of rotatable bonds is 1. The Morgan fingerprint density at radius 2 is 2.08 bits per heavy atom. The molecule has 1 N–H and O–H groups in total. The second-order valence-electron chi connectivity index (χ2n) is 3.20. The van der Waals surface area contributed by atoms with Crippen LogP contribution in [0.4, 0.5) is 13.2 Å². The largest absolute Gasteiger partial charge is 0.404 e. The minimum absolute atomic E-state index is 0.380. The van der Waals surface area contributed by atoms with Crippen molar-refractivity contribution in [1.29, 1.82) is 0 Å². The average Bonchev–Trinajstić information content (AvgIpc) is 2.29. The third-order valence-electron chi connectivity index (χ3n) is 2.34. The van der Waals surface area contributed by atoms with Crippen molar-refractivity contribution in [1.82, 2.24) is 4.90 Å². The first-order valence-electron chi connectivity index (χ1n) is 3.84. The zero-order chi connectivity index (χ0) is 9.35. The molecular formula is C7H12F3NO. The van der Waals surface area contributed by atoms with E-state index in [0.29, 0.717) is 13.0 Å². The fourth-order valence-corrected chi connectivity index (χ4v) is 1.73. The Morgan fingerprint density at radius 3 is 2.42 bits per heavy atom. The molecule has 1 fully saturated rings. The van der Waals surface area contributed by atoms with E-state index in [0.717, 1.165) is 0 Å². The molecule has 12 heavy (non-hydrogen) atoms. The number of alkyl halides is 3. The minimum Gasteiger partial charge on any atom is -0.396 e. The fourth-order valence-electron chi connectivity index (χ4n) is 1.73. The molecule has 0 aromatic rings. The predicted molar refractivity (Wildman–Crippen MR) is 37.7 cm³/mol. The van der Waals surface area contributed by atoms with Crippen molar-refractivity contribution >= 4 is 0 Å². The summed E-state index contributed by atoms with van der Waals surface area (Å²) >= 11 is 0. The molecule has 0 aromatic heterocycles. The van der Waals surface area contributed by atoms with Gasteiger partial charge in [-0.3, -0.25) is 4.90 Å². The van der Waals surface area contributed by atoms with Gasteiger partial charge in [0, 0.05) is 12.5 Å². The van der Waals surface area contributed by atoms with E-state index in [-0.39, 0.29) is 6.61 Å². The van der Waals surface area contributed by atoms with Crippen LogP contribution in [-0.2, 0) is 0 Å². The molecule has 1 heterocycles. The van der Waals surface area contributed by atoms with Gasteiger partial charge in [-0.1, -0.05) is 0 Å². The van der Waals surface area contributed by atoms with Crippen LogP contribution in [0.5, 0.6) is 0 Å². The molecule has 0 bridgehead atoms. The van der Waals surface area contributed by atoms with E-state index in [1.165, 1.54) is 11.9 Å². The van der Waals surface area contributed by atoms with Gasteiger partial charge < -0.3 is 5.11 Å².